The van der Waals surface area contributed by atoms with E-state index in [0.29, 0.717) is 10.8 Å². The number of hydrogen-bond acceptors (Lipinski definition) is 1. The summed E-state index contributed by atoms with van der Waals surface area (Å²) in [4.78, 5) is 0. The normalized spacial score (nSPS) is 31.5. The molecule has 0 bridgehead atoms. The zero-order valence-electron chi connectivity index (χ0n) is 34.8. The lowest BCUT2D eigenvalue weighted by atomic mass is 9.47. The van der Waals surface area contributed by atoms with Crippen molar-refractivity contribution in [1.29, 1.82) is 0 Å². The third-order valence-corrected chi connectivity index (χ3v) is 14.5. The first-order valence-corrected chi connectivity index (χ1v) is 22.0. The summed E-state index contributed by atoms with van der Waals surface area (Å²) in [7, 11) is 6.88. The van der Waals surface area contributed by atoms with E-state index in [1.165, 1.54) is 154 Å². The second-order valence-electron chi connectivity index (χ2n) is 19.8. The summed E-state index contributed by atoms with van der Waals surface area (Å²) in [6.07, 6.45) is 37.5. The van der Waals surface area contributed by atoms with Crippen molar-refractivity contribution in [2.24, 2.45) is 46.3 Å². The molecule has 1 N–H and O–H groups in total. The fraction of sp³-hybridized carbons (Fsp3) is 0.957. The van der Waals surface area contributed by atoms with Crippen molar-refractivity contribution in [1.82, 2.24) is 0 Å². The van der Waals surface area contributed by atoms with Gasteiger partial charge in [0.05, 0.1) is 33.8 Å². The van der Waals surface area contributed by atoms with E-state index in [1.54, 1.807) is 5.57 Å². The van der Waals surface area contributed by atoms with Crippen molar-refractivity contribution in [3.05, 3.63) is 11.6 Å². The average Bonchev–Trinajstić information content (AvgIpc) is 3.38. The second-order valence-corrected chi connectivity index (χ2v) is 19.8. The van der Waals surface area contributed by atoms with Crippen LogP contribution in [0.1, 0.15) is 202 Å². The maximum atomic E-state index is 10.2. The SMILES string of the molecule is CC(C)CCC[C@@H](C)[C@H]1CC[C@H]2[C@@H]3CC=C4C[C@@H](O)CC[C@]4(C)[C@H]3CC[C@]12C.CCCCCCCCCCCCCCCC[N+](C)(C)C.[Br-]. The van der Waals surface area contributed by atoms with E-state index in [9.17, 15) is 5.11 Å². The molecule has 4 rings (SSSR count). The molecule has 3 heteroatoms. The van der Waals surface area contributed by atoms with Gasteiger partial charge in [-0.15, -0.1) is 0 Å². The number of allylic oxidation sites excluding steroid dienone is 1. The van der Waals surface area contributed by atoms with Gasteiger partial charge in [0.25, 0.3) is 0 Å². The number of hydrogen-bond donors (Lipinski definition) is 1. The number of aliphatic hydroxyl groups excluding tert-OH is 1. The van der Waals surface area contributed by atoms with Crippen LogP contribution in [0.5, 0.6) is 0 Å². The van der Waals surface area contributed by atoms with E-state index in [0.717, 1.165) is 52.8 Å². The van der Waals surface area contributed by atoms with Gasteiger partial charge in [0.2, 0.25) is 0 Å². The summed E-state index contributed by atoms with van der Waals surface area (Å²) in [5.74, 6) is 5.46. The Balaban J connectivity index is 0.000000355. The van der Waals surface area contributed by atoms with Crippen LogP contribution < -0.4 is 17.0 Å². The van der Waals surface area contributed by atoms with Crippen molar-refractivity contribution in [3.63, 3.8) is 0 Å². The molecule has 2 nitrogen and oxygen atoms in total. The van der Waals surface area contributed by atoms with Crippen LogP contribution in [0.4, 0.5) is 0 Å². The Morgan fingerprint density at radius 3 is 1.84 bits per heavy atom. The zero-order chi connectivity index (χ0) is 35.2. The highest BCUT2D eigenvalue weighted by Gasteiger charge is 2.59. The molecule has 0 heterocycles. The minimum absolute atomic E-state index is 0. The van der Waals surface area contributed by atoms with E-state index in [1.807, 2.05) is 0 Å². The van der Waals surface area contributed by atoms with Gasteiger partial charge < -0.3 is 26.6 Å². The Kier molecular flexibility index (Phi) is 20.7. The summed E-state index contributed by atoms with van der Waals surface area (Å²) in [6.45, 7) is 16.2. The molecule has 0 spiro atoms. The maximum absolute atomic E-state index is 10.2. The Labute approximate surface area is 319 Å². The molecule has 3 fully saturated rings. The molecular weight excluding hydrogens is 662 g/mol. The molecule has 0 aromatic carbocycles. The molecule has 0 saturated heterocycles. The molecule has 0 unspecified atom stereocenters. The van der Waals surface area contributed by atoms with Crippen molar-refractivity contribution in [3.8, 4) is 0 Å². The van der Waals surface area contributed by atoms with Gasteiger partial charge in [-0.1, -0.05) is 150 Å². The van der Waals surface area contributed by atoms with Crippen LogP contribution in [0, 0.1) is 46.3 Å². The number of nitrogens with zero attached hydrogens (tertiary/aromatic N) is 1. The molecule has 49 heavy (non-hydrogen) atoms. The monoisotopic (exact) mass is 750 g/mol. The number of rotatable bonds is 20. The minimum atomic E-state index is -0.0766. The fourth-order valence-electron chi connectivity index (χ4n) is 11.4. The molecular formula is C46H88BrNO. The summed E-state index contributed by atoms with van der Waals surface area (Å²) >= 11 is 0. The summed E-state index contributed by atoms with van der Waals surface area (Å²) in [5.41, 5.74) is 2.60. The van der Waals surface area contributed by atoms with Gasteiger partial charge in [0.1, 0.15) is 0 Å². The van der Waals surface area contributed by atoms with Crippen LogP contribution in [0.25, 0.3) is 0 Å². The van der Waals surface area contributed by atoms with Gasteiger partial charge in [0, 0.05) is 0 Å². The Morgan fingerprint density at radius 1 is 0.714 bits per heavy atom. The van der Waals surface area contributed by atoms with Crippen LogP contribution in [-0.2, 0) is 0 Å². The van der Waals surface area contributed by atoms with Crippen LogP contribution in [0.3, 0.4) is 0 Å². The van der Waals surface area contributed by atoms with Gasteiger partial charge in [-0.25, -0.2) is 0 Å². The molecule has 8 atom stereocenters. The van der Waals surface area contributed by atoms with Gasteiger partial charge in [0.15, 0.2) is 0 Å². The quantitative estimate of drug-likeness (QED) is 0.0746. The van der Waals surface area contributed by atoms with Crippen LogP contribution in [-0.4, -0.2) is 43.4 Å². The molecule has 0 radical (unpaired) electrons. The van der Waals surface area contributed by atoms with E-state index in [4.69, 9.17) is 0 Å². The predicted octanol–water partition coefficient (Wildman–Crippen LogP) is 10.6. The van der Waals surface area contributed by atoms with Crippen molar-refractivity contribution < 1.29 is 26.6 Å². The summed E-state index contributed by atoms with van der Waals surface area (Å²) in [5, 5.41) is 10.2. The standard InChI is InChI=1S/C27H46O.C19H42N.BrH/c1-18(2)7-6-8-19(3)23-11-12-24-22-10-9-20-17-21(28)13-15-26(20,4)25(22)14-16-27(23,24)5;1-5-6-7-8-9-10-11-12-13-14-15-16-17-18-19-20(2,3)4;/h9,18-19,21-25,28H,6-8,10-17H2,1-5H3;5-19H2,1-4H3;1H/q;+1;/p-1/t19-,21+,22+,23-,24+,25+,26+,27-;;/m1../s1. The summed E-state index contributed by atoms with van der Waals surface area (Å²) in [6, 6.07) is 0. The van der Waals surface area contributed by atoms with E-state index in [2.05, 4.69) is 68.8 Å². The third-order valence-electron chi connectivity index (χ3n) is 14.5. The smallest absolute Gasteiger partial charge is 0.0780 e. The molecule has 4 aliphatic carbocycles. The van der Waals surface area contributed by atoms with Crippen LogP contribution in [0.15, 0.2) is 11.6 Å². The highest BCUT2D eigenvalue weighted by atomic mass is 79.9. The van der Waals surface area contributed by atoms with Gasteiger partial charge in [-0.05, 0) is 111 Å². The van der Waals surface area contributed by atoms with Gasteiger partial charge >= 0.3 is 0 Å². The molecule has 3 saturated carbocycles. The van der Waals surface area contributed by atoms with Crippen LogP contribution in [0.2, 0.25) is 0 Å². The average molecular weight is 751 g/mol. The number of aliphatic hydroxyl groups is 1. The van der Waals surface area contributed by atoms with Crippen molar-refractivity contribution in [2.45, 2.75) is 208 Å². The second kappa shape index (κ2) is 22.4. The molecule has 0 amide bonds. The lowest BCUT2D eigenvalue weighted by molar-refractivity contribution is -0.870. The largest absolute Gasteiger partial charge is 1.00 e. The predicted molar refractivity (Wildman–Crippen MR) is 212 cm³/mol. The topological polar surface area (TPSA) is 20.2 Å². The lowest BCUT2D eigenvalue weighted by Crippen LogP contribution is -3.00. The number of fused-ring (bicyclic) bond motifs is 5. The van der Waals surface area contributed by atoms with Crippen molar-refractivity contribution in [2.75, 3.05) is 27.7 Å². The fourth-order valence-corrected chi connectivity index (χ4v) is 11.4. The maximum Gasteiger partial charge on any atom is 0.0780 e. The van der Waals surface area contributed by atoms with E-state index < -0.39 is 0 Å². The first-order valence-electron chi connectivity index (χ1n) is 22.0. The molecule has 0 aromatic heterocycles. The lowest BCUT2D eigenvalue weighted by Gasteiger charge is -2.58. The van der Waals surface area contributed by atoms with Crippen molar-refractivity contribution >= 4 is 0 Å². The van der Waals surface area contributed by atoms with Gasteiger partial charge in [-0.3, -0.25) is 0 Å². The number of halogens is 1. The van der Waals surface area contributed by atoms with Gasteiger partial charge in [-0.2, -0.15) is 0 Å². The highest BCUT2D eigenvalue weighted by Crippen LogP contribution is 2.67. The molecule has 0 aliphatic heterocycles. The van der Waals surface area contributed by atoms with E-state index >= 15 is 0 Å². The first-order chi connectivity index (χ1) is 22.8. The Bertz CT molecular complexity index is 907. The first kappa shape index (κ1) is 45.3. The molecule has 290 valence electrons. The number of quaternary nitrogens is 1. The zero-order valence-corrected chi connectivity index (χ0v) is 36.4. The minimum Gasteiger partial charge on any atom is -1.00 e. The molecule has 4 aliphatic rings. The number of unbranched alkanes of at least 4 members (excludes halogenated alkanes) is 13. The van der Waals surface area contributed by atoms with E-state index in [-0.39, 0.29) is 23.1 Å². The van der Waals surface area contributed by atoms with Crippen LogP contribution >= 0.6 is 0 Å². The molecule has 0 aromatic rings. The Morgan fingerprint density at radius 2 is 1.29 bits per heavy atom. The third kappa shape index (κ3) is 14.1. The summed E-state index contributed by atoms with van der Waals surface area (Å²) < 4.78 is 1.12. The Hall–Kier alpha value is 0.140. The highest BCUT2D eigenvalue weighted by molar-refractivity contribution is 5.25.